The lowest BCUT2D eigenvalue weighted by Crippen LogP contribution is -2.85. The Balaban J connectivity index is 1.88. The van der Waals surface area contributed by atoms with Crippen LogP contribution in [0.3, 0.4) is 0 Å². The van der Waals surface area contributed by atoms with E-state index in [9.17, 15) is 0 Å². The third-order valence-corrected chi connectivity index (χ3v) is 3.20. The fraction of sp³-hybridized carbons (Fsp3) is 0.294. The first kappa shape index (κ1) is 13.6. The molecule has 0 unspecified atom stereocenters. The van der Waals surface area contributed by atoms with E-state index in [1.807, 2.05) is 12.1 Å². The molecule has 0 saturated heterocycles. The summed E-state index contributed by atoms with van der Waals surface area (Å²) >= 11 is 0. The van der Waals surface area contributed by atoms with Gasteiger partial charge in [0.05, 0.1) is 12.8 Å². The molecule has 0 bridgehead atoms. The average molecular weight is 256 g/mol. The molecule has 1 atom stereocenters. The quantitative estimate of drug-likeness (QED) is 0.758. The largest absolute Gasteiger partial charge is 0.463 e. The van der Waals surface area contributed by atoms with Crippen molar-refractivity contribution in [2.45, 2.75) is 25.8 Å². The molecule has 2 rings (SSSR count). The fourth-order valence-electron chi connectivity index (χ4n) is 2.27. The average Bonchev–Trinajstić information content (AvgIpc) is 2.92. The lowest BCUT2D eigenvalue weighted by atomic mass is 10.1. The maximum atomic E-state index is 5.53. The number of benzene rings is 1. The van der Waals surface area contributed by atoms with Crippen LogP contribution in [0.2, 0.25) is 0 Å². The topological polar surface area (TPSA) is 29.8 Å². The Morgan fingerprint density at radius 1 is 1.21 bits per heavy atom. The highest BCUT2D eigenvalue weighted by molar-refractivity contribution is 5.14. The zero-order chi connectivity index (χ0) is 13.5. The van der Waals surface area contributed by atoms with Crippen molar-refractivity contribution in [1.82, 2.24) is 0 Å². The lowest BCUT2D eigenvalue weighted by Gasteiger charge is -2.13. The van der Waals surface area contributed by atoms with Gasteiger partial charge in [-0.1, -0.05) is 42.5 Å². The molecule has 1 aromatic heterocycles. The first-order valence-electron chi connectivity index (χ1n) is 6.81. The first-order chi connectivity index (χ1) is 9.25. The minimum Gasteiger partial charge on any atom is -0.463 e. The summed E-state index contributed by atoms with van der Waals surface area (Å²) in [5, 5.41) is 2.35. The first-order valence-corrected chi connectivity index (χ1v) is 6.81. The van der Waals surface area contributed by atoms with Crippen LogP contribution in [0.5, 0.6) is 0 Å². The van der Waals surface area contributed by atoms with Gasteiger partial charge in [-0.15, -0.1) is 0 Å². The van der Waals surface area contributed by atoms with Crippen LogP contribution in [-0.4, -0.2) is 6.54 Å². The van der Waals surface area contributed by atoms with E-state index in [0.29, 0.717) is 6.04 Å². The zero-order valence-corrected chi connectivity index (χ0v) is 11.5. The molecule has 2 heteroatoms. The molecule has 1 heterocycles. The Bertz CT molecular complexity index is 487. The van der Waals surface area contributed by atoms with Crippen LogP contribution in [0, 0.1) is 0 Å². The molecule has 0 spiro atoms. The summed E-state index contributed by atoms with van der Waals surface area (Å²) in [5.74, 6) is 1.04. The van der Waals surface area contributed by atoms with Crippen molar-refractivity contribution in [3.05, 3.63) is 72.2 Å². The van der Waals surface area contributed by atoms with Crippen molar-refractivity contribution in [2.75, 3.05) is 6.54 Å². The van der Waals surface area contributed by atoms with Gasteiger partial charge in [-0.05, 0) is 24.6 Å². The molecule has 0 amide bonds. The third-order valence-electron chi connectivity index (χ3n) is 3.20. The second-order valence-corrected chi connectivity index (χ2v) is 5.04. The predicted molar refractivity (Wildman–Crippen MR) is 77.8 cm³/mol. The standard InChI is InChI=1S/C17H21NO/c1-14(2)13-16(17-9-6-12-19-17)18-11-10-15-7-4-3-5-8-15/h3-9,12,16,18H,1,10-11,13H2,2H3/p+1/t16-/m0/s1. The molecule has 0 aliphatic carbocycles. The Kier molecular flexibility index (Phi) is 4.99. The molecule has 0 saturated carbocycles. The van der Waals surface area contributed by atoms with Gasteiger partial charge in [-0.25, -0.2) is 0 Å². The van der Waals surface area contributed by atoms with Crippen molar-refractivity contribution in [1.29, 1.82) is 0 Å². The van der Waals surface area contributed by atoms with Crippen molar-refractivity contribution in [3.8, 4) is 0 Å². The molecule has 0 radical (unpaired) electrons. The Hall–Kier alpha value is -1.80. The Labute approximate surface area is 115 Å². The van der Waals surface area contributed by atoms with Crippen LogP contribution in [0.1, 0.15) is 30.7 Å². The van der Waals surface area contributed by atoms with Crippen LogP contribution in [0.15, 0.2) is 65.3 Å². The Morgan fingerprint density at radius 2 is 2.00 bits per heavy atom. The molecule has 0 aliphatic rings. The summed E-state index contributed by atoms with van der Waals surface area (Å²) in [6.45, 7) is 7.14. The number of hydrogen-bond donors (Lipinski definition) is 1. The monoisotopic (exact) mass is 256 g/mol. The number of nitrogens with two attached hydrogens (primary N) is 1. The maximum Gasteiger partial charge on any atom is 0.161 e. The number of quaternary nitrogens is 1. The van der Waals surface area contributed by atoms with E-state index in [1.54, 1.807) is 6.26 Å². The van der Waals surface area contributed by atoms with E-state index in [0.717, 1.165) is 25.1 Å². The zero-order valence-electron chi connectivity index (χ0n) is 11.5. The number of rotatable bonds is 7. The van der Waals surface area contributed by atoms with Gasteiger partial charge in [-0.2, -0.15) is 0 Å². The highest BCUT2D eigenvalue weighted by Gasteiger charge is 2.17. The summed E-state index contributed by atoms with van der Waals surface area (Å²) in [5.41, 5.74) is 2.57. The van der Waals surface area contributed by atoms with Crippen molar-refractivity contribution in [2.24, 2.45) is 0 Å². The van der Waals surface area contributed by atoms with E-state index in [1.165, 1.54) is 11.1 Å². The van der Waals surface area contributed by atoms with Gasteiger partial charge in [0.1, 0.15) is 6.04 Å². The fourth-order valence-corrected chi connectivity index (χ4v) is 2.27. The van der Waals surface area contributed by atoms with Gasteiger partial charge in [0.15, 0.2) is 5.76 Å². The van der Waals surface area contributed by atoms with Crippen molar-refractivity contribution in [3.63, 3.8) is 0 Å². The molecular formula is C17H22NO+. The normalized spacial score (nSPS) is 12.3. The lowest BCUT2D eigenvalue weighted by molar-refractivity contribution is -0.697. The number of hydrogen-bond acceptors (Lipinski definition) is 1. The van der Waals surface area contributed by atoms with E-state index >= 15 is 0 Å². The van der Waals surface area contributed by atoms with Gasteiger partial charge < -0.3 is 9.73 Å². The van der Waals surface area contributed by atoms with Crippen LogP contribution >= 0.6 is 0 Å². The summed E-state index contributed by atoms with van der Waals surface area (Å²) in [6, 6.07) is 14.9. The maximum absolute atomic E-state index is 5.53. The minimum absolute atomic E-state index is 0.344. The molecule has 2 aromatic rings. The molecule has 2 nitrogen and oxygen atoms in total. The molecule has 0 aliphatic heterocycles. The highest BCUT2D eigenvalue weighted by atomic mass is 16.3. The van der Waals surface area contributed by atoms with Gasteiger partial charge in [-0.3, -0.25) is 0 Å². The highest BCUT2D eigenvalue weighted by Crippen LogP contribution is 2.16. The van der Waals surface area contributed by atoms with Gasteiger partial charge in [0.2, 0.25) is 0 Å². The Morgan fingerprint density at radius 3 is 2.63 bits per heavy atom. The molecule has 2 N–H and O–H groups in total. The SMILES string of the molecule is C=C(C)C[C@H]([NH2+]CCc1ccccc1)c1ccco1. The minimum atomic E-state index is 0.344. The van der Waals surface area contributed by atoms with Gasteiger partial charge >= 0.3 is 0 Å². The van der Waals surface area contributed by atoms with E-state index in [2.05, 4.69) is 49.2 Å². The third kappa shape index (κ3) is 4.42. The summed E-state index contributed by atoms with van der Waals surface area (Å²) in [7, 11) is 0. The van der Waals surface area contributed by atoms with Crippen molar-refractivity contribution < 1.29 is 9.73 Å². The second kappa shape index (κ2) is 6.95. The van der Waals surface area contributed by atoms with E-state index < -0.39 is 0 Å². The van der Waals surface area contributed by atoms with E-state index in [-0.39, 0.29) is 0 Å². The van der Waals surface area contributed by atoms with Gasteiger partial charge in [0.25, 0.3) is 0 Å². The summed E-state index contributed by atoms with van der Waals surface area (Å²) < 4.78 is 5.53. The predicted octanol–water partition coefficient (Wildman–Crippen LogP) is 3.09. The van der Waals surface area contributed by atoms with Crippen LogP contribution < -0.4 is 5.32 Å². The molecule has 0 fully saturated rings. The summed E-state index contributed by atoms with van der Waals surface area (Å²) in [4.78, 5) is 0. The van der Waals surface area contributed by atoms with E-state index in [4.69, 9.17) is 4.42 Å². The smallest absolute Gasteiger partial charge is 0.161 e. The molecular weight excluding hydrogens is 234 g/mol. The van der Waals surface area contributed by atoms with Crippen LogP contribution in [0.25, 0.3) is 0 Å². The molecule has 1 aromatic carbocycles. The van der Waals surface area contributed by atoms with Crippen LogP contribution in [-0.2, 0) is 6.42 Å². The number of furan rings is 1. The second-order valence-electron chi connectivity index (χ2n) is 5.04. The molecule has 19 heavy (non-hydrogen) atoms. The molecule has 100 valence electrons. The van der Waals surface area contributed by atoms with Gasteiger partial charge in [0, 0.05) is 12.8 Å². The summed E-state index contributed by atoms with van der Waals surface area (Å²) in [6.07, 6.45) is 3.78. The van der Waals surface area contributed by atoms with Crippen LogP contribution in [0.4, 0.5) is 0 Å². The van der Waals surface area contributed by atoms with Crippen molar-refractivity contribution >= 4 is 0 Å².